The Bertz CT molecular complexity index is 3990. The van der Waals surface area contributed by atoms with Crippen LogP contribution in [0.2, 0.25) is 0 Å². The van der Waals surface area contributed by atoms with Gasteiger partial charge in [-0.3, -0.25) is 0 Å². The van der Waals surface area contributed by atoms with E-state index in [4.69, 9.17) is 8.83 Å². The zero-order valence-corrected chi connectivity index (χ0v) is 40.0. The maximum Gasteiger partial charge on any atom is 0.143 e. The maximum atomic E-state index is 6.50. The van der Waals surface area contributed by atoms with Crippen LogP contribution in [0.4, 0.5) is 17.1 Å². The summed E-state index contributed by atoms with van der Waals surface area (Å²) in [7, 11) is 0. The fourth-order valence-corrected chi connectivity index (χ4v) is 11.1. The van der Waals surface area contributed by atoms with Gasteiger partial charge in [0, 0.05) is 49.5 Å². The molecule has 0 N–H and O–H groups in total. The molecule has 1 aliphatic rings. The fraction of sp³-hybridized carbons (Fsp3) is 0.104. The number of fused-ring (bicyclic) bond motifs is 9. The summed E-state index contributed by atoms with van der Waals surface area (Å²) < 4.78 is 12.8. The molecule has 3 heteroatoms. The predicted octanol–water partition coefficient (Wildman–Crippen LogP) is 19.2. The molecule has 2 heterocycles. The molecular weight excluding hydrogens is 851 g/mol. The van der Waals surface area contributed by atoms with Crippen molar-refractivity contribution in [2.45, 2.75) is 45.4 Å². The lowest BCUT2D eigenvalue weighted by molar-refractivity contribution is 0.590. The largest absolute Gasteiger partial charge is 0.456 e. The molecular formula is C67H51NO2. The van der Waals surface area contributed by atoms with Crippen LogP contribution in [-0.4, -0.2) is 0 Å². The molecule has 70 heavy (non-hydrogen) atoms. The topological polar surface area (TPSA) is 29.5 Å². The van der Waals surface area contributed by atoms with Gasteiger partial charge < -0.3 is 13.7 Å². The quantitative estimate of drug-likeness (QED) is 0.160. The van der Waals surface area contributed by atoms with E-state index in [0.717, 1.165) is 88.8 Å². The van der Waals surface area contributed by atoms with Crippen molar-refractivity contribution in [2.24, 2.45) is 0 Å². The van der Waals surface area contributed by atoms with Crippen LogP contribution < -0.4 is 4.90 Å². The zero-order chi connectivity index (χ0) is 47.3. The number of hydrogen-bond acceptors (Lipinski definition) is 3. The molecule has 0 radical (unpaired) electrons. The highest BCUT2D eigenvalue weighted by Crippen LogP contribution is 2.52. The molecule has 0 amide bonds. The first kappa shape index (κ1) is 41.8. The van der Waals surface area contributed by atoms with Gasteiger partial charge >= 0.3 is 0 Å². The van der Waals surface area contributed by atoms with Crippen molar-refractivity contribution in [3.63, 3.8) is 0 Å². The highest BCUT2D eigenvalue weighted by atomic mass is 16.3. The Labute approximate surface area is 408 Å². The first-order valence-corrected chi connectivity index (χ1v) is 24.4. The minimum Gasteiger partial charge on any atom is -0.456 e. The molecule has 13 rings (SSSR count). The average molecular weight is 902 g/mol. The summed E-state index contributed by atoms with van der Waals surface area (Å²) >= 11 is 0. The molecule has 0 atom stereocenters. The minimum atomic E-state index is -0.152. The van der Waals surface area contributed by atoms with E-state index in [-0.39, 0.29) is 10.8 Å². The Morgan fingerprint density at radius 2 is 0.900 bits per heavy atom. The second-order valence-electron chi connectivity index (χ2n) is 20.5. The number of rotatable bonds is 7. The lowest BCUT2D eigenvalue weighted by Crippen LogP contribution is -2.15. The van der Waals surface area contributed by atoms with Crippen LogP contribution in [0.15, 0.2) is 227 Å². The molecule has 0 bridgehead atoms. The third-order valence-corrected chi connectivity index (χ3v) is 14.9. The maximum absolute atomic E-state index is 6.50. The summed E-state index contributed by atoms with van der Waals surface area (Å²) in [5.74, 6) is 0. The van der Waals surface area contributed by atoms with Gasteiger partial charge in [0.05, 0.1) is 5.69 Å². The van der Waals surface area contributed by atoms with Gasteiger partial charge in [-0.25, -0.2) is 0 Å². The van der Waals surface area contributed by atoms with Gasteiger partial charge in [0.25, 0.3) is 0 Å². The van der Waals surface area contributed by atoms with E-state index in [2.05, 4.69) is 234 Å². The van der Waals surface area contributed by atoms with E-state index in [1.807, 2.05) is 24.3 Å². The summed E-state index contributed by atoms with van der Waals surface area (Å²) in [5.41, 5.74) is 22.7. The SMILES string of the molecule is CC(C)(C)c1ccc(-c2ccc3c(c2)C(C)(C)c2ccc(-c4ccccc4N(c4ccc(-c5ccc6c(c5)oc5ccccc56)cc4)c4ccc(-c5cccc6c5oc5ccccc56)cc4)cc2-3)cc1. The summed E-state index contributed by atoms with van der Waals surface area (Å²) in [5, 5.41) is 4.52. The molecule has 10 aromatic carbocycles. The van der Waals surface area contributed by atoms with Gasteiger partial charge in [-0.15, -0.1) is 0 Å². The zero-order valence-electron chi connectivity index (χ0n) is 40.0. The van der Waals surface area contributed by atoms with E-state index in [1.165, 1.54) is 44.5 Å². The predicted molar refractivity (Wildman–Crippen MR) is 294 cm³/mol. The summed E-state index contributed by atoms with van der Waals surface area (Å²) in [6, 6.07) is 79.5. The molecule has 1 aliphatic carbocycles. The molecule has 0 aliphatic heterocycles. The number of benzene rings is 10. The third-order valence-electron chi connectivity index (χ3n) is 14.9. The van der Waals surface area contributed by atoms with Gasteiger partial charge in [-0.2, -0.15) is 0 Å². The second kappa shape index (κ2) is 15.8. The Kier molecular flexibility index (Phi) is 9.45. The van der Waals surface area contributed by atoms with Crippen molar-refractivity contribution in [2.75, 3.05) is 4.90 Å². The molecule has 3 nitrogen and oxygen atoms in total. The monoisotopic (exact) mass is 901 g/mol. The standard InChI is InChI=1S/C67H51NO2/c1-66(2,3)48-30-21-42(22-31-48)45-27-36-53-58-39-47(29-38-59(58)67(4,5)60(53)40-45)51-13-6-9-18-61(51)68(49-32-23-43(24-33-49)46-28-37-56-54-14-7-10-19-62(54)69-64(56)41-46)50-34-25-44(26-35-50)52-16-12-17-57-55-15-8-11-20-63(55)70-65(52)57/h6-41H,1-5H3. The summed E-state index contributed by atoms with van der Waals surface area (Å²) in [6.45, 7) is 11.6. The van der Waals surface area contributed by atoms with Crippen LogP contribution in [0.5, 0.6) is 0 Å². The normalized spacial score (nSPS) is 13.0. The summed E-state index contributed by atoms with van der Waals surface area (Å²) in [4.78, 5) is 2.40. The van der Waals surface area contributed by atoms with Gasteiger partial charge in [0.2, 0.25) is 0 Å². The molecule has 2 aromatic heterocycles. The van der Waals surface area contributed by atoms with Crippen molar-refractivity contribution in [1.82, 2.24) is 0 Å². The third kappa shape index (κ3) is 6.79. The van der Waals surface area contributed by atoms with Gasteiger partial charge in [-0.1, -0.05) is 186 Å². The number of furan rings is 2. The Morgan fingerprint density at radius 3 is 1.63 bits per heavy atom. The van der Waals surface area contributed by atoms with Crippen molar-refractivity contribution in [1.29, 1.82) is 0 Å². The van der Waals surface area contributed by atoms with Crippen LogP contribution >= 0.6 is 0 Å². The summed E-state index contributed by atoms with van der Waals surface area (Å²) in [6.07, 6.45) is 0. The molecule has 12 aromatic rings. The lowest BCUT2D eigenvalue weighted by Gasteiger charge is -2.28. The number of hydrogen-bond donors (Lipinski definition) is 0. The lowest BCUT2D eigenvalue weighted by atomic mass is 9.81. The number of anilines is 3. The molecule has 336 valence electrons. The van der Waals surface area contributed by atoms with Crippen LogP contribution in [0.25, 0.3) is 99.5 Å². The Balaban J connectivity index is 0.908. The first-order valence-electron chi connectivity index (χ1n) is 24.4. The molecule has 0 unspecified atom stereocenters. The molecule has 0 saturated carbocycles. The average Bonchev–Trinajstić information content (AvgIpc) is 4.03. The highest BCUT2D eigenvalue weighted by molar-refractivity contribution is 6.10. The molecule has 0 saturated heterocycles. The minimum absolute atomic E-state index is 0.114. The Morgan fingerprint density at radius 1 is 0.357 bits per heavy atom. The van der Waals surface area contributed by atoms with Crippen LogP contribution in [0, 0.1) is 0 Å². The van der Waals surface area contributed by atoms with Crippen molar-refractivity contribution in [3.8, 4) is 55.6 Å². The van der Waals surface area contributed by atoms with E-state index in [0.29, 0.717) is 0 Å². The molecule has 0 spiro atoms. The van der Waals surface area contributed by atoms with E-state index in [1.54, 1.807) is 0 Å². The van der Waals surface area contributed by atoms with Gasteiger partial charge in [0.15, 0.2) is 0 Å². The smallest absolute Gasteiger partial charge is 0.143 e. The van der Waals surface area contributed by atoms with E-state index >= 15 is 0 Å². The van der Waals surface area contributed by atoms with Gasteiger partial charge in [0.1, 0.15) is 22.3 Å². The van der Waals surface area contributed by atoms with Crippen LogP contribution in [0.1, 0.15) is 51.3 Å². The highest BCUT2D eigenvalue weighted by Gasteiger charge is 2.36. The fourth-order valence-electron chi connectivity index (χ4n) is 11.1. The van der Waals surface area contributed by atoms with Crippen LogP contribution in [-0.2, 0) is 10.8 Å². The molecule has 0 fully saturated rings. The Hall–Kier alpha value is -8.40. The van der Waals surface area contributed by atoms with Crippen molar-refractivity contribution in [3.05, 3.63) is 235 Å². The number of nitrogens with zero attached hydrogens (tertiary/aromatic N) is 1. The van der Waals surface area contributed by atoms with E-state index < -0.39 is 0 Å². The van der Waals surface area contributed by atoms with Crippen molar-refractivity contribution < 1.29 is 8.83 Å². The van der Waals surface area contributed by atoms with E-state index in [9.17, 15) is 0 Å². The first-order chi connectivity index (χ1) is 34.1. The van der Waals surface area contributed by atoms with Gasteiger partial charge in [-0.05, 0) is 133 Å². The number of para-hydroxylation sites is 4. The second-order valence-corrected chi connectivity index (χ2v) is 20.5. The van der Waals surface area contributed by atoms with Crippen LogP contribution in [0.3, 0.4) is 0 Å². The van der Waals surface area contributed by atoms with Crippen molar-refractivity contribution >= 4 is 60.9 Å².